The highest BCUT2D eigenvalue weighted by molar-refractivity contribution is 7.09. The van der Waals surface area contributed by atoms with Crippen molar-refractivity contribution in [1.82, 2.24) is 35.7 Å². The molecule has 0 saturated carbocycles. The third-order valence-electron chi connectivity index (χ3n) is 14.1. The molecule has 2 aliphatic rings. The van der Waals surface area contributed by atoms with Crippen LogP contribution in [-0.2, 0) is 53.1 Å². The number of nitrogens with zero attached hydrogens (tertiary/aromatic N) is 5. The molecule has 0 spiro atoms. The molecule has 2 saturated heterocycles. The second-order valence-corrected chi connectivity index (χ2v) is 21.7. The van der Waals surface area contributed by atoms with E-state index in [9.17, 15) is 14.4 Å². The van der Waals surface area contributed by atoms with Crippen molar-refractivity contribution in [3.8, 4) is 0 Å². The monoisotopic (exact) mass is 1080 g/mol. The molecule has 77 heavy (non-hydrogen) atoms. The molecular formula is C61H72N8O6S2. The van der Waals surface area contributed by atoms with E-state index in [2.05, 4.69) is 113 Å². The SMILES string of the molecule is CCOC(=O)c1ccc(N2CCN(CCC(Cc3ccccc3)(Cc3ccccc3)NC(=O)OCc3cncs3)CC2)cc1.O=C(NC(CCN1CCNCC1)(Cc1ccccc1)Cc1ccccc1)OCc1cncs1. The van der Waals surface area contributed by atoms with Crippen LogP contribution in [0.3, 0.4) is 0 Å². The van der Waals surface area contributed by atoms with Crippen molar-refractivity contribution in [2.24, 2.45) is 0 Å². The Morgan fingerprint density at radius 3 is 1.31 bits per heavy atom. The van der Waals surface area contributed by atoms with Crippen LogP contribution in [0.15, 0.2) is 169 Å². The summed E-state index contributed by atoms with van der Waals surface area (Å²) >= 11 is 2.96. The molecule has 4 heterocycles. The van der Waals surface area contributed by atoms with Crippen molar-refractivity contribution in [3.05, 3.63) is 207 Å². The van der Waals surface area contributed by atoms with E-state index in [1.54, 1.807) is 23.4 Å². The third-order valence-corrected chi connectivity index (χ3v) is 15.6. The van der Waals surface area contributed by atoms with Crippen molar-refractivity contribution in [2.45, 2.75) is 69.7 Å². The fourth-order valence-corrected chi connectivity index (χ4v) is 11.1. The number of esters is 1. The number of amides is 2. The number of thiazole rings is 2. The quantitative estimate of drug-likeness (QED) is 0.0414. The van der Waals surface area contributed by atoms with E-state index in [-0.39, 0.29) is 25.3 Å². The largest absolute Gasteiger partial charge is 0.462 e. The maximum atomic E-state index is 13.3. The van der Waals surface area contributed by atoms with E-state index in [4.69, 9.17) is 14.2 Å². The normalized spacial score (nSPS) is 14.2. The first-order valence-corrected chi connectivity index (χ1v) is 28.5. The first kappa shape index (κ1) is 56.3. The zero-order valence-electron chi connectivity index (χ0n) is 44.1. The minimum absolute atomic E-state index is 0.200. The molecule has 2 fully saturated rings. The van der Waals surface area contributed by atoms with Crippen molar-refractivity contribution < 1.29 is 28.6 Å². The Bertz CT molecular complexity index is 2700. The number of benzene rings is 5. The van der Waals surface area contributed by atoms with Gasteiger partial charge < -0.3 is 40.0 Å². The van der Waals surface area contributed by atoms with Crippen LogP contribution in [0.4, 0.5) is 15.3 Å². The van der Waals surface area contributed by atoms with Gasteiger partial charge in [0, 0.05) is 83.5 Å². The van der Waals surface area contributed by atoms with Gasteiger partial charge in [0.2, 0.25) is 0 Å². The summed E-state index contributed by atoms with van der Waals surface area (Å²) in [6.45, 7) is 12.0. The van der Waals surface area contributed by atoms with Crippen molar-refractivity contribution >= 4 is 46.5 Å². The van der Waals surface area contributed by atoms with Crippen LogP contribution in [0, 0.1) is 0 Å². The number of hydrogen-bond donors (Lipinski definition) is 3. The molecule has 9 rings (SSSR count). The van der Waals surface area contributed by atoms with Crippen LogP contribution >= 0.6 is 22.7 Å². The molecule has 2 amide bonds. The standard InChI is InChI=1S/C35H40N4O4S.C26H32N4O2S/c1-2-42-33(40)30-13-15-31(16-14-30)39-21-19-38(20-22-39)18-17-35(23-28-9-5-3-6-10-28,24-29-11-7-4-8-12-29)37-34(41)43-26-32-25-36-27-44-32;31-25(32-20-24-19-28-21-33-24)29-26(17-22-7-3-1-4-8-22,18-23-9-5-2-6-10-23)11-14-30-15-12-27-13-16-30/h3-16,25,27H,2,17-24,26H2,1H3,(H,37,41);1-10,19,21,27H,11-18,20H2,(H,29,31). The molecule has 2 aliphatic heterocycles. The Morgan fingerprint density at radius 2 is 0.935 bits per heavy atom. The van der Waals surface area contributed by atoms with E-state index >= 15 is 0 Å². The van der Waals surface area contributed by atoms with E-state index in [0.29, 0.717) is 25.0 Å². The van der Waals surface area contributed by atoms with Crippen molar-refractivity contribution in [1.29, 1.82) is 0 Å². The molecule has 2 aromatic heterocycles. The highest BCUT2D eigenvalue weighted by atomic mass is 32.1. The van der Waals surface area contributed by atoms with Gasteiger partial charge in [0.05, 0.1) is 44.0 Å². The minimum atomic E-state index is -0.548. The lowest BCUT2D eigenvalue weighted by molar-refractivity contribution is 0.0526. The van der Waals surface area contributed by atoms with Crippen LogP contribution in [-0.4, -0.2) is 121 Å². The van der Waals surface area contributed by atoms with Crippen LogP contribution in [0.25, 0.3) is 0 Å². The van der Waals surface area contributed by atoms with Gasteiger partial charge in [-0.05, 0) is 92.0 Å². The van der Waals surface area contributed by atoms with Gasteiger partial charge in [-0.1, -0.05) is 121 Å². The highest BCUT2D eigenvalue weighted by Crippen LogP contribution is 2.28. The Kier molecular flexibility index (Phi) is 21.6. The molecule has 3 N–H and O–H groups in total. The number of rotatable bonds is 23. The molecule has 0 radical (unpaired) electrons. The fraction of sp³-hybridized carbons (Fsp3) is 0.361. The second-order valence-electron chi connectivity index (χ2n) is 19.7. The number of hydrogen-bond acceptors (Lipinski definition) is 14. The Morgan fingerprint density at radius 1 is 0.532 bits per heavy atom. The first-order valence-electron chi connectivity index (χ1n) is 26.7. The second kappa shape index (κ2) is 29.5. The Labute approximate surface area is 461 Å². The highest BCUT2D eigenvalue weighted by Gasteiger charge is 2.36. The van der Waals surface area contributed by atoms with E-state index in [1.807, 2.05) is 79.7 Å². The number of ether oxygens (including phenoxy) is 3. The van der Waals surface area contributed by atoms with Gasteiger partial charge in [0.25, 0.3) is 0 Å². The number of carbonyl (C=O) groups excluding carboxylic acids is 3. The molecule has 0 atom stereocenters. The summed E-state index contributed by atoms with van der Waals surface area (Å²) in [5.74, 6) is -0.292. The summed E-state index contributed by atoms with van der Waals surface area (Å²) < 4.78 is 16.4. The predicted molar refractivity (Wildman–Crippen MR) is 307 cm³/mol. The van der Waals surface area contributed by atoms with Crippen LogP contribution in [0.5, 0.6) is 0 Å². The molecule has 14 nitrogen and oxygen atoms in total. The number of carbonyl (C=O) groups is 3. The van der Waals surface area contributed by atoms with Crippen molar-refractivity contribution in [3.63, 3.8) is 0 Å². The molecular weight excluding hydrogens is 1000 g/mol. The fourth-order valence-electron chi connectivity index (χ4n) is 10.1. The first-order chi connectivity index (χ1) is 37.7. The molecule has 0 aliphatic carbocycles. The maximum absolute atomic E-state index is 13.3. The summed E-state index contributed by atoms with van der Waals surface area (Å²) in [5.41, 5.74) is 8.90. The minimum Gasteiger partial charge on any atom is -0.462 e. The summed E-state index contributed by atoms with van der Waals surface area (Å²) in [4.78, 5) is 55.6. The van der Waals surface area contributed by atoms with Gasteiger partial charge in [0.1, 0.15) is 13.2 Å². The van der Waals surface area contributed by atoms with Gasteiger partial charge in [-0.15, -0.1) is 22.7 Å². The molecule has 0 unspecified atom stereocenters. The van der Waals surface area contributed by atoms with Gasteiger partial charge in [0.15, 0.2) is 0 Å². The predicted octanol–water partition coefficient (Wildman–Crippen LogP) is 9.87. The average molecular weight is 1080 g/mol. The third kappa shape index (κ3) is 18.4. The summed E-state index contributed by atoms with van der Waals surface area (Å²) in [6.07, 6.45) is 7.13. The van der Waals surface area contributed by atoms with Crippen LogP contribution in [0.1, 0.15) is 62.1 Å². The lowest BCUT2D eigenvalue weighted by Gasteiger charge is -2.40. The van der Waals surface area contributed by atoms with Gasteiger partial charge >= 0.3 is 18.2 Å². The molecule has 16 heteroatoms. The molecule has 5 aromatic carbocycles. The summed E-state index contributed by atoms with van der Waals surface area (Å²) in [6, 6.07) is 49.2. The van der Waals surface area contributed by atoms with E-state index in [0.717, 1.165) is 107 Å². The smallest absolute Gasteiger partial charge is 0.407 e. The zero-order chi connectivity index (χ0) is 53.4. The lowest BCUT2D eigenvalue weighted by atomic mass is 9.81. The molecule has 404 valence electrons. The van der Waals surface area contributed by atoms with E-state index < -0.39 is 17.2 Å². The molecule has 7 aromatic rings. The summed E-state index contributed by atoms with van der Waals surface area (Å²) in [7, 11) is 0. The Balaban J connectivity index is 0.000000212. The number of nitrogens with one attached hydrogen (secondary N) is 3. The van der Waals surface area contributed by atoms with Gasteiger partial charge in [-0.2, -0.15) is 0 Å². The topological polar surface area (TPSA) is 150 Å². The lowest BCUT2D eigenvalue weighted by Crippen LogP contribution is -2.55. The Hall–Kier alpha value is -6.95. The number of piperazine rings is 2. The average Bonchev–Trinajstić information content (AvgIpc) is 4.22. The number of aromatic nitrogens is 2. The summed E-state index contributed by atoms with van der Waals surface area (Å²) in [5, 5.41) is 10.1. The zero-order valence-corrected chi connectivity index (χ0v) is 45.7. The van der Waals surface area contributed by atoms with E-state index in [1.165, 1.54) is 44.9 Å². The van der Waals surface area contributed by atoms with Gasteiger partial charge in [-0.3, -0.25) is 14.9 Å². The van der Waals surface area contributed by atoms with Crippen LogP contribution in [0.2, 0.25) is 0 Å². The number of alkyl carbamates (subject to hydrolysis) is 2. The van der Waals surface area contributed by atoms with Crippen LogP contribution < -0.4 is 20.9 Å². The number of anilines is 1. The molecule has 0 bridgehead atoms. The van der Waals surface area contributed by atoms with Gasteiger partial charge in [-0.25, -0.2) is 14.4 Å². The maximum Gasteiger partial charge on any atom is 0.407 e. The van der Waals surface area contributed by atoms with Crippen molar-refractivity contribution in [2.75, 3.05) is 77.0 Å².